The highest BCUT2D eigenvalue weighted by Gasteiger charge is 2.62. The Morgan fingerprint density at radius 1 is 1.30 bits per heavy atom. The van der Waals surface area contributed by atoms with E-state index in [1.54, 1.807) is 0 Å². The van der Waals surface area contributed by atoms with Gasteiger partial charge in [-0.2, -0.15) is 0 Å². The first-order valence-corrected chi connectivity index (χ1v) is 7.21. The average Bonchev–Trinajstić information content (AvgIpc) is 2.66. The predicted octanol–water partition coefficient (Wildman–Crippen LogP) is 0.233. The average molecular weight is 282 g/mol. The minimum atomic E-state index is -1.13. The highest BCUT2D eigenvalue weighted by Crippen LogP contribution is 2.56. The Labute approximate surface area is 118 Å². The van der Waals surface area contributed by atoms with Gasteiger partial charge in [0.2, 0.25) is 0 Å². The Morgan fingerprint density at radius 3 is 2.60 bits per heavy atom. The molecule has 0 amide bonds. The zero-order chi connectivity index (χ0) is 14.8. The van der Waals surface area contributed by atoms with Gasteiger partial charge in [-0.15, -0.1) is 0 Å². The molecule has 3 fully saturated rings. The summed E-state index contributed by atoms with van der Waals surface area (Å²) in [7, 11) is 0. The van der Waals surface area contributed by atoms with Gasteiger partial charge in [0.1, 0.15) is 12.2 Å². The zero-order valence-electron chi connectivity index (χ0n) is 11.8. The van der Waals surface area contributed by atoms with E-state index in [1.807, 2.05) is 13.8 Å². The molecule has 0 aromatic heterocycles. The van der Waals surface area contributed by atoms with Crippen LogP contribution in [0.2, 0.25) is 0 Å². The summed E-state index contributed by atoms with van der Waals surface area (Å²) >= 11 is 0. The van der Waals surface area contributed by atoms with E-state index < -0.39 is 23.7 Å². The summed E-state index contributed by atoms with van der Waals surface area (Å²) in [5.74, 6) is -0.643. The third-order valence-corrected chi connectivity index (χ3v) is 5.77. The van der Waals surface area contributed by atoms with Crippen molar-refractivity contribution in [2.75, 3.05) is 0 Å². The van der Waals surface area contributed by atoms with Crippen molar-refractivity contribution < 1.29 is 24.9 Å². The molecular formula is C15H22O5. The number of carbonyl (C=O) groups is 1. The lowest BCUT2D eigenvalue weighted by atomic mass is 9.69. The number of carbonyl (C=O) groups excluding carboxylic acids is 1. The monoisotopic (exact) mass is 282 g/mol. The van der Waals surface area contributed by atoms with Gasteiger partial charge >= 0.3 is 5.97 Å². The molecule has 2 aliphatic carbocycles. The normalized spacial score (nSPS) is 55.1. The van der Waals surface area contributed by atoms with Crippen molar-refractivity contribution in [3.63, 3.8) is 0 Å². The lowest BCUT2D eigenvalue weighted by Crippen LogP contribution is -2.38. The van der Waals surface area contributed by atoms with Crippen molar-refractivity contribution in [2.45, 2.75) is 51.1 Å². The molecule has 0 aromatic rings. The van der Waals surface area contributed by atoms with Gasteiger partial charge in [-0.05, 0) is 24.7 Å². The van der Waals surface area contributed by atoms with Crippen LogP contribution in [0, 0.1) is 23.2 Å². The second-order valence-electron chi connectivity index (χ2n) is 6.95. The van der Waals surface area contributed by atoms with Crippen LogP contribution in [0.3, 0.4) is 0 Å². The summed E-state index contributed by atoms with van der Waals surface area (Å²) in [4.78, 5) is 11.7. The number of ether oxygens (including phenoxy) is 1. The maximum Gasteiger partial charge on any atom is 0.334 e. The standard InChI is InChI=1S/C15H22O5/c1-6-4-9-8(7(2)14(19)20-9)5-15(3)10(6)11(16)12(17)13(15)18/h6,8-13,16-18H,2,4-5H2,1,3H3/t6-,8-,9+,10-,11-,12-,13-,15+/m0/s1. The van der Waals surface area contributed by atoms with Gasteiger partial charge in [0, 0.05) is 16.9 Å². The lowest BCUT2D eigenvalue weighted by Gasteiger charge is -2.37. The van der Waals surface area contributed by atoms with Crippen LogP contribution in [-0.4, -0.2) is 45.7 Å². The Bertz CT molecular complexity index is 461. The zero-order valence-corrected chi connectivity index (χ0v) is 11.8. The molecule has 2 saturated carbocycles. The first-order valence-electron chi connectivity index (χ1n) is 7.21. The molecule has 0 bridgehead atoms. The molecule has 3 N–H and O–H groups in total. The SMILES string of the molecule is C=C1C(=O)O[C@@H]2C[C@H](C)[C@H]3[C@H](O)[C@H](O)[C@H](O)[C@]3(C)C[C@@H]12. The summed E-state index contributed by atoms with van der Waals surface area (Å²) in [5.41, 5.74) is -0.179. The summed E-state index contributed by atoms with van der Waals surface area (Å²) in [6, 6.07) is 0. The number of hydrogen-bond acceptors (Lipinski definition) is 5. The largest absolute Gasteiger partial charge is 0.458 e. The number of fused-ring (bicyclic) bond motifs is 2. The van der Waals surface area contributed by atoms with E-state index in [0.717, 1.165) is 0 Å². The van der Waals surface area contributed by atoms with E-state index in [4.69, 9.17) is 4.74 Å². The van der Waals surface area contributed by atoms with Crippen LogP contribution in [0.1, 0.15) is 26.7 Å². The topological polar surface area (TPSA) is 87.0 Å². The Hall–Kier alpha value is -0.910. The molecular weight excluding hydrogens is 260 g/mol. The van der Waals surface area contributed by atoms with Gasteiger partial charge in [-0.25, -0.2) is 4.79 Å². The molecule has 0 radical (unpaired) electrons. The number of rotatable bonds is 0. The lowest BCUT2D eigenvalue weighted by molar-refractivity contribution is -0.139. The van der Waals surface area contributed by atoms with E-state index in [2.05, 4.69) is 6.58 Å². The summed E-state index contributed by atoms with van der Waals surface area (Å²) < 4.78 is 5.37. The highest BCUT2D eigenvalue weighted by molar-refractivity contribution is 5.90. The van der Waals surface area contributed by atoms with Gasteiger partial charge in [0.25, 0.3) is 0 Å². The molecule has 3 aliphatic rings. The van der Waals surface area contributed by atoms with Crippen molar-refractivity contribution in [3.05, 3.63) is 12.2 Å². The first kappa shape index (κ1) is 14.0. The van der Waals surface area contributed by atoms with Crippen LogP contribution < -0.4 is 0 Å². The third-order valence-electron chi connectivity index (χ3n) is 5.77. The smallest absolute Gasteiger partial charge is 0.334 e. The van der Waals surface area contributed by atoms with Gasteiger partial charge < -0.3 is 20.1 Å². The van der Waals surface area contributed by atoms with E-state index in [-0.39, 0.29) is 29.8 Å². The fourth-order valence-corrected chi connectivity index (χ4v) is 4.74. The van der Waals surface area contributed by atoms with Crippen LogP contribution in [0.5, 0.6) is 0 Å². The molecule has 0 unspecified atom stereocenters. The molecule has 20 heavy (non-hydrogen) atoms. The quantitative estimate of drug-likeness (QED) is 0.437. The number of aliphatic hydroxyl groups excluding tert-OH is 3. The Morgan fingerprint density at radius 2 is 1.95 bits per heavy atom. The van der Waals surface area contributed by atoms with E-state index >= 15 is 0 Å². The van der Waals surface area contributed by atoms with Crippen LogP contribution in [0.15, 0.2) is 12.2 Å². The van der Waals surface area contributed by atoms with Crippen molar-refractivity contribution in [2.24, 2.45) is 23.2 Å². The number of aliphatic hydroxyl groups is 3. The molecule has 8 atom stereocenters. The highest BCUT2D eigenvalue weighted by atomic mass is 16.6. The van der Waals surface area contributed by atoms with Crippen molar-refractivity contribution in [1.82, 2.24) is 0 Å². The predicted molar refractivity (Wildman–Crippen MR) is 70.5 cm³/mol. The second-order valence-corrected chi connectivity index (χ2v) is 6.95. The van der Waals surface area contributed by atoms with E-state index in [1.165, 1.54) is 0 Å². The van der Waals surface area contributed by atoms with Gasteiger partial charge in [-0.3, -0.25) is 0 Å². The van der Waals surface area contributed by atoms with Crippen molar-refractivity contribution in [3.8, 4) is 0 Å². The fourth-order valence-electron chi connectivity index (χ4n) is 4.74. The summed E-state index contributed by atoms with van der Waals surface area (Å²) in [6.07, 6.45) is -2.14. The molecule has 0 aromatic carbocycles. The third kappa shape index (κ3) is 1.63. The van der Waals surface area contributed by atoms with Crippen LogP contribution in [0.4, 0.5) is 0 Å². The summed E-state index contributed by atoms with van der Waals surface area (Å²) in [5, 5.41) is 30.6. The maximum absolute atomic E-state index is 11.7. The molecule has 3 rings (SSSR count). The second kappa shape index (κ2) is 4.29. The molecule has 0 spiro atoms. The molecule has 1 heterocycles. The maximum atomic E-state index is 11.7. The molecule has 1 saturated heterocycles. The minimum absolute atomic E-state index is 0.0514. The van der Waals surface area contributed by atoms with Crippen molar-refractivity contribution in [1.29, 1.82) is 0 Å². The Balaban J connectivity index is 2.00. The van der Waals surface area contributed by atoms with Crippen molar-refractivity contribution >= 4 is 5.97 Å². The molecule has 1 aliphatic heterocycles. The Kier molecular flexibility index (Phi) is 3.01. The molecule has 5 nitrogen and oxygen atoms in total. The number of esters is 1. The van der Waals surface area contributed by atoms with E-state index in [0.29, 0.717) is 18.4 Å². The fraction of sp³-hybridized carbons (Fsp3) is 0.800. The molecule has 112 valence electrons. The van der Waals surface area contributed by atoms with Crippen LogP contribution >= 0.6 is 0 Å². The van der Waals surface area contributed by atoms with Crippen LogP contribution in [0.25, 0.3) is 0 Å². The van der Waals surface area contributed by atoms with Gasteiger partial charge in [0.05, 0.1) is 12.2 Å². The number of hydrogen-bond donors (Lipinski definition) is 3. The van der Waals surface area contributed by atoms with Gasteiger partial charge in [-0.1, -0.05) is 20.4 Å². The van der Waals surface area contributed by atoms with Crippen LogP contribution in [-0.2, 0) is 9.53 Å². The first-order chi connectivity index (χ1) is 9.27. The summed E-state index contributed by atoms with van der Waals surface area (Å²) in [6.45, 7) is 7.68. The minimum Gasteiger partial charge on any atom is -0.458 e. The van der Waals surface area contributed by atoms with Gasteiger partial charge in [0.15, 0.2) is 0 Å². The molecule has 5 heteroatoms. The van der Waals surface area contributed by atoms with E-state index in [9.17, 15) is 20.1 Å².